The topological polar surface area (TPSA) is 146 Å². The fourth-order valence-electron chi connectivity index (χ4n) is 5.46. The van der Waals surface area contributed by atoms with Crippen molar-refractivity contribution in [3.05, 3.63) is 53.3 Å². The number of benzene rings is 1. The summed E-state index contributed by atoms with van der Waals surface area (Å²) in [5, 5.41) is 13.3. The number of methoxy groups -OCH3 is 1. The lowest BCUT2D eigenvalue weighted by Gasteiger charge is -2.30. The molecule has 0 aliphatic heterocycles. The second-order valence-electron chi connectivity index (χ2n) is 11.9. The molecule has 0 bridgehead atoms. The first-order valence-electron chi connectivity index (χ1n) is 14.2. The maximum Gasteiger partial charge on any atom is 0.411 e. The number of ether oxygens (including phenoxy) is 2. The van der Waals surface area contributed by atoms with Gasteiger partial charge in [-0.3, -0.25) is 19.1 Å². The molecule has 0 atom stereocenters. The smallest absolute Gasteiger partial charge is 0.411 e. The van der Waals surface area contributed by atoms with Crippen LogP contribution in [-0.4, -0.2) is 54.8 Å². The lowest BCUT2D eigenvalue weighted by Crippen LogP contribution is -2.41. The van der Waals surface area contributed by atoms with E-state index in [9.17, 15) is 14.4 Å². The number of fused-ring (bicyclic) bond motifs is 1. The fourth-order valence-corrected chi connectivity index (χ4v) is 5.46. The van der Waals surface area contributed by atoms with Gasteiger partial charge in [-0.1, -0.05) is 0 Å². The molecule has 0 saturated heterocycles. The summed E-state index contributed by atoms with van der Waals surface area (Å²) >= 11 is 0. The van der Waals surface area contributed by atoms with Crippen molar-refractivity contribution in [3.8, 4) is 11.1 Å². The summed E-state index contributed by atoms with van der Waals surface area (Å²) in [6.45, 7) is 5.51. The highest BCUT2D eigenvalue weighted by Crippen LogP contribution is 2.32. The Hall–Kier alpha value is -4.81. The average molecular weight is 591 g/mol. The highest BCUT2D eigenvalue weighted by atomic mass is 16.6. The number of anilines is 3. The molecule has 0 spiro atoms. The molecule has 1 fully saturated rings. The summed E-state index contributed by atoms with van der Waals surface area (Å²) in [5.41, 5.74) is 3.74. The minimum Gasteiger partial charge on any atom is -0.453 e. The first-order chi connectivity index (χ1) is 20.4. The van der Waals surface area contributed by atoms with Crippen LogP contribution in [0, 0.1) is 0 Å². The molecule has 13 nitrogen and oxygen atoms in total. The molecule has 1 aliphatic rings. The van der Waals surface area contributed by atoms with Crippen LogP contribution in [0.4, 0.5) is 26.8 Å². The Bertz CT molecular complexity index is 1710. The van der Waals surface area contributed by atoms with E-state index in [4.69, 9.17) is 9.47 Å². The summed E-state index contributed by atoms with van der Waals surface area (Å²) in [4.78, 5) is 42.2. The second-order valence-corrected chi connectivity index (χ2v) is 11.9. The van der Waals surface area contributed by atoms with Crippen molar-refractivity contribution in [2.75, 3.05) is 17.7 Å². The van der Waals surface area contributed by atoms with Gasteiger partial charge in [-0.05, 0) is 70.2 Å². The Morgan fingerprint density at radius 1 is 0.930 bits per heavy atom. The molecule has 3 N–H and O–H groups in total. The van der Waals surface area contributed by atoms with Gasteiger partial charge in [-0.15, -0.1) is 0 Å². The predicted molar refractivity (Wildman–Crippen MR) is 164 cm³/mol. The van der Waals surface area contributed by atoms with Gasteiger partial charge in [0.25, 0.3) is 0 Å². The van der Waals surface area contributed by atoms with Gasteiger partial charge in [0.15, 0.2) is 0 Å². The van der Waals surface area contributed by atoms with Crippen molar-refractivity contribution in [2.24, 2.45) is 14.1 Å². The molecule has 43 heavy (non-hydrogen) atoms. The van der Waals surface area contributed by atoms with Gasteiger partial charge in [0, 0.05) is 55.4 Å². The zero-order valence-corrected chi connectivity index (χ0v) is 25.3. The van der Waals surface area contributed by atoms with Gasteiger partial charge < -0.3 is 20.1 Å². The fraction of sp³-hybridized carbons (Fsp3) is 0.433. The predicted octanol–water partition coefficient (Wildman–Crippen LogP) is 5.07. The summed E-state index contributed by atoms with van der Waals surface area (Å²) in [6, 6.07) is 7.38. The van der Waals surface area contributed by atoms with E-state index in [1.54, 1.807) is 34.8 Å². The largest absolute Gasteiger partial charge is 0.453 e. The number of alkyl carbamates (subject to hydrolysis) is 1. The normalized spacial score (nSPS) is 17.0. The van der Waals surface area contributed by atoms with Crippen LogP contribution in [0.1, 0.15) is 52.5 Å². The number of imidazole rings is 1. The summed E-state index contributed by atoms with van der Waals surface area (Å²) in [6.07, 6.45) is 7.25. The number of nitrogens with zero attached hydrogens (tertiary/aromatic N) is 5. The molecular formula is C30H38N8O5. The van der Waals surface area contributed by atoms with Crippen LogP contribution in [0.5, 0.6) is 0 Å². The van der Waals surface area contributed by atoms with E-state index in [2.05, 4.69) is 26.0 Å². The number of aryl methyl sites for hydroxylation is 2. The van der Waals surface area contributed by atoms with E-state index >= 15 is 0 Å². The minimum atomic E-state index is -0.585. The Morgan fingerprint density at radius 2 is 1.65 bits per heavy atom. The lowest BCUT2D eigenvalue weighted by molar-refractivity contribution is 0.0488. The van der Waals surface area contributed by atoms with E-state index in [1.807, 2.05) is 56.8 Å². The van der Waals surface area contributed by atoms with Gasteiger partial charge in [0.1, 0.15) is 11.4 Å². The standard InChI is InChI=1S/C30H38N8O5/c1-30(2,3)43-28(40)34-20-7-9-23(10-8-20)38-24-14-26(31-16-25(24)37(5)29(38)41)33-21-11-18(19-15-32-36(4)17-19)12-22(13-21)35-27(39)42-6/h11-17,20,23H,7-10H2,1-6H3,(H,31,33)(H,34,40)(H,35,39). The molecule has 4 aromatic rings. The number of pyridine rings is 1. The maximum atomic E-state index is 13.4. The average Bonchev–Trinajstić information content (AvgIpc) is 3.48. The van der Waals surface area contributed by atoms with Crippen LogP contribution < -0.4 is 21.6 Å². The quantitative estimate of drug-likeness (QED) is 0.282. The number of amides is 2. The molecule has 1 saturated carbocycles. The van der Waals surface area contributed by atoms with Crippen LogP contribution in [-0.2, 0) is 23.6 Å². The number of aromatic nitrogens is 5. The van der Waals surface area contributed by atoms with E-state index in [-0.39, 0.29) is 17.8 Å². The molecule has 3 heterocycles. The van der Waals surface area contributed by atoms with E-state index in [0.29, 0.717) is 17.2 Å². The summed E-state index contributed by atoms with van der Waals surface area (Å²) in [7, 11) is 4.89. The second kappa shape index (κ2) is 11.8. The number of rotatable bonds is 6. The van der Waals surface area contributed by atoms with Gasteiger partial charge in [0.2, 0.25) is 0 Å². The first-order valence-corrected chi connectivity index (χ1v) is 14.2. The highest BCUT2D eigenvalue weighted by Gasteiger charge is 2.28. The Labute approximate surface area is 249 Å². The van der Waals surface area contributed by atoms with E-state index in [0.717, 1.165) is 47.8 Å². The zero-order chi connectivity index (χ0) is 30.9. The van der Waals surface area contributed by atoms with Crippen molar-refractivity contribution < 1.29 is 19.1 Å². The molecule has 0 radical (unpaired) electrons. The third-order valence-corrected chi connectivity index (χ3v) is 7.43. The van der Waals surface area contributed by atoms with Gasteiger partial charge in [0.05, 0.1) is 30.5 Å². The van der Waals surface area contributed by atoms with Crippen LogP contribution in [0.15, 0.2) is 47.7 Å². The number of hydrogen-bond acceptors (Lipinski definition) is 8. The molecule has 0 unspecified atom stereocenters. The van der Waals surface area contributed by atoms with E-state index < -0.39 is 17.8 Å². The first kappa shape index (κ1) is 29.7. The lowest BCUT2D eigenvalue weighted by atomic mass is 9.91. The zero-order valence-electron chi connectivity index (χ0n) is 25.3. The van der Waals surface area contributed by atoms with Crippen molar-refractivity contribution in [1.82, 2.24) is 29.2 Å². The van der Waals surface area contributed by atoms with Crippen molar-refractivity contribution in [2.45, 2.75) is 64.1 Å². The summed E-state index contributed by atoms with van der Waals surface area (Å²) in [5.74, 6) is 0.541. The molecular weight excluding hydrogens is 552 g/mol. The van der Waals surface area contributed by atoms with Crippen LogP contribution in [0.2, 0.25) is 0 Å². The van der Waals surface area contributed by atoms with Crippen LogP contribution >= 0.6 is 0 Å². The van der Waals surface area contributed by atoms with E-state index in [1.165, 1.54) is 7.11 Å². The van der Waals surface area contributed by atoms with Gasteiger partial charge in [-0.25, -0.2) is 19.4 Å². The van der Waals surface area contributed by atoms with Gasteiger partial charge >= 0.3 is 17.9 Å². The molecule has 1 aromatic carbocycles. The number of carbonyl (C=O) groups excluding carboxylic acids is 2. The molecule has 5 rings (SSSR count). The molecule has 228 valence electrons. The molecule has 1 aliphatic carbocycles. The van der Waals surface area contributed by atoms with Crippen LogP contribution in [0.3, 0.4) is 0 Å². The Morgan fingerprint density at radius 3 is 2.30 bits per heavy atom. The van der Waals surface area contributed by atoms with Gasteiger partial charge in [-0.2, -0.15) is 5.10 Å². The van der Waals surface area contributed by atoms with Crippen LogP contribution in [0.25, 0.3) is 22.2 Å². The molecule has 2 amide bonds. The van der Waals surface area contributed by atoms with Crippen molar-refractivity contribution in [1.29, 1.82) is 0 Å². The Kier molecular flexibility index (Phi) is 8.16. The highest BCUT2D eigenvalue weighted by molar-refractivity contribution is 5.88. The molecule has 13 heteroatoms. The number of nitrogens with one attached hydrogen (secondary N) is 3. The van der Waals surface area contributed by atoms with Crippen molar-refractivity contribution >= 4 is 40.4 Å². The molecule has 3 aromatic heterocycles. The Balaban J connectivity index is 1.40. The SMILES string of the molecule is COC(=O)Nc1cc(Nc2cc3c(cn2)n(C)c(=O)n3C2CCC(NC(=O)OC(C)(C)C)CC2)cc(-c2cnn(C)c2)c1. The number of hydrogen-bond donors (Lipinski definition) is 3. The number of carbonyl (C=O) groups is 2. The monoisotopic (exact) mass is 590 g/mol. The van der Waals surface area contributed by atoms with Crippen molar-refractivity contribution in [3.63, 3.8) is 0 Å². The summed E-state index contributed by atoms with van der Waals surface area (Å²) < 4.78 is 15.3. The third kappa shape index (κ3) is 6.82. The third-order valence-electron chi connectivity index (χ3n) is 7.43. The maximum absolute atomic E-state index is 13.4. The minimum absolute atomic E-state index is 0.00411.